The van der Waals surface area contributed by atoms with Crippen molar-refractivity contribution in [2.45, 2.75) is 56.7 Å². The summed E-state index contributed by atoms with van der Waals surface area (Å²) in [5, 5.41) is 16.5. The van der Waals surface area contributed by atoms with Gasteiger partial charge in [0.05, 0.1) is 16.7 Å². The fourth-order valence-corrected chi connectivity index (χ4v) is 5.77. The second kappa shape index (κ2) is 8.62. The van der Waals surface area contributed by atoms with Gasteiger partial charge in [-0.15, -0.1) is 0 Å². The van der Waals surface area contributed by atoms with Gasteiger partial charge in [0.1, 0.15) is 6.04 Å². The summed E-state index contributed by atoms with van der Waals surface area (Å²) in [4.78, 5) is 52.9. The molecule has 3 N–H and O–H groups in total. The van der Waals surface area contributed by atoms with Gasteiger partial charge in [-0.3, -0.25) is 34.3 Å². The smallest absolute Gasteiger partial charge is 0.262 e. The topological polar surface area (TPSA) is 119 Å². The molecule has 9 heteroatoms. The molecule has 0 saturated carbocycles. The van der Waals surface area contributed by atoms with Gasteiger partial charge in [0.15, 0.2) is 0 Å². The van der Waals surface area contributed by atoms with E-state index >= 15 is 0 Å². The third-order valence-electron chi connectivity index (χ3n) is 7.73. The quantitative estimate of drug-likeness (QED) is 0.564. The molecule has 1 aromatic carbocycles. The van der Waals surface area contributed by atoms with E-state index in [0.29, 0.717) is 23.6 Å². The number of hydrogen-bond donors (Lipinski definition) is 3. The molecule has 5 rings (SSSR count). The molecular formula is C24H30N4O5. The van der Waals surface area contributed by atoms with E-state index in [1.54, 1.807) is 12.1 Å². The molecule has 9 nitrogen and oxygen atoms in total. The fraction of sp³-hybridized carbons (Fsp3) is 0.583. The predicted molar refractivity (Wildman–Crippen MR) is 118 cm³/mol. The van der Waals surface area contributed by atoms with Crippen molar-refractivity contribution in [1.82, 2.24) is 20.4 Å². The number of aliphatic hydroxyl groups is 1. The van der Waals surface area contributed by atoms with Crippen LogP contribution < -0.4 is 10.6 Å². The molecule has 1 unspecified atom stereocenters. The Hall–Kier alpha value is -2.62. The van der Waals surface area contributed by atoms with Crippen molar-refractivity contribution < 1.29 is 24.3 Å². The minimum atomic E-state index is -0.946. The van der Waals surface area contributed by atoms with Crippen LogP contribution in [0.5, 0.6) is 0 Å². The highest BCUT2D eigenvalue weighted by atomic mass is 16.3. The standard InChI is InChI=1S/C24H30N4O5/c29-20-4-3-19(21(30)26-20)28-22(31)17-2-1-15(13-18(17)23(28)32)14-27-11-5-16(6-12-27)24(33)7-9-25-10-8-24/h1-2,13,16,19,25,33H,3-12,14H2,(H,26,29,30). The van der Waals surface area contributed by atoms with Crippen LogP contribution in [0.2, 0.25) is 0 Å². The summed E-state index contributed by atoms with van der Waals surface area (Å²) >= 11 is 0. The molecule has 4 aliphatic heterocycles. The first kappa shape index (κ1) is 22.2. The van der Waals surface area contributed by atoms with E-state index in [0.717, 1.165) is 62.3 Å². The maximum absolute atomic E-state index is 13.0. The molecule has 0 radical (unpaired) electrons. The van der Waals surface area contributed by atoms with Crippen LogP contribution in [-0.2, 0) is 16.1 Å². The molecule has 0 aromatic heterocycles. The minimum absolute atomic E-state index is 0.108. The maximum Gasteiger partial charge on any atom is 0.262 e. The van der Waals surface area contributed by atoms with E-state index < -0.39 is 29.4 Å². The Morgan fingerprint density at radius 2 is 1.67 bits per heavy atom. The van der Waals surface area contributed by atoms with Crippen LogP contribution in [0.25, 0.3) is 0 Å². The number of nitrogens with zero attached hydrogens (tertiary/aromatic N) is 2. The fourth-order valence-electron chi connectivity index (χ4n) is 5.77. The molecule has 1 atom stereocenters. The third kappa shape index (κ3) is 4.09. The summed E-state index contributed by atoms with van der Waals surface area (Å²) in [5.74, 6) is -1.62. The van der Waals surface area contributed by atoms with E-state index in [1.165, 1.54) is 0 Å². The first-order valence-corrected chi connectivity index (χ1v) is 11.9. The molecule has 33 heavy (non-hydrogen) atoms. The molecule has 0 bridgehead atoms. The first-order valence-electron chi connectivity index (χ1n) is 11.9. The minimum Gasteiger partial charge on any atom is -0.390 e. The number of rotatable bonds is 4. The summed E-state index contributed by atoms with van der Waals surface area (Å²) in [6, 6.07) is 4.35. The van der Waals surface area contributed by atoms with Crippen LogP contribution in [0.1, 0.15) is 64.8 Å². The zero-order valence-corrected chi connectivity index (χ0v) is 18.6. The molecular weight excluding hydrogens is 424 g/mol. The van der Waals surface area contributed by atoms with Gasteiger partial charge in [0.2, 0.25) is 11.8 Å². The monoisotopic (exact) mass is 454 g/mol. The van der Waals surface area contributed by atoms with Crippen LogP contribution in [0, 0.1) is 5.92 Å². The second-order valence-corrected chi connectivity index (χ2v) is 9.73. The number of carbonyl (C=O) groups is 4. The summed E-state index contributed by atoms with van der Waals surface area (Å²) in [7, 11) is 0. The van der Waals surface area contributed by atoms with Gasteiger partial charge in [0, 0.05) is 13.0 Å². The Kier molecular flexibility index (Phi) is 5.80. The number of piperidine rings is 3. The number of likely N-dealkylation sites (tertiary alicyclic amines) is 1. The van der Waals surface area contributed by atoms with Crippen LogP contribution in [0.3, 0.4) is 0 Å². The van der Waals surface area contributed by atoms with E-state index in [2.05, 4.69) is 15.5 Å². The Morgan fingerprint density at radius 3 is 2.36 bits per heavy atom. The number of nitrogens with one attached hydrogen (secondary N) is 2. The number of amides is 4. The van der Waals surface area contributed by atoms with Crippen LogP contribution in [0.4, 0.5) is 0 Å². The lowest BCUT2D eigenvalue weighted by atomic mass is 9.75. The molecule has 3 saturated heterocycles. The van der Waals surface area contributed by atoms with Gasteiger partial charge in [-0.1, -0.05) is 6.07 Å². The van der Waals surface area contributed by atoms with Gasteiger partial charge < -0.3 is 10.4 Å². The Balaban J connectivity index is 1.24. The third-order valence-corrected chi connectivity index (χ3v) is 7.73. The van der Waals surface area contributed by atoms with Crippen molar-refractivity contribution in [3.8, 4) is 0 Å². The van der Waals surface area contributed by atoms with E-state index in [4.69, 9.17) is 0 Å². The summed E-state index contributed by atoms with van der Waals surface area (Å²) in [6.45, 7) is 4.17. The number of carbonyl (C=O) groups excluding carboxylic acids is 4. The van der Waals surface area contributed by atoms with Gasteiger partial charge >= 0.3 is 0 Å². The van der Waals surface area contributed by atoms with Gasteiger partial charge in [-0.2, -0.15) is 0 Å². The van der Waals surface area contributed by atoms with Crippen molar-refractivity contribution in [2.75, 3.05) is 26.2 Å². The van der Waals surface area contributed by atoms with Crippen LogP contribution in [0.15, 0.2) is 18.2 Å². The molecule has 3 fully saturated rings. The normalized spacial score (nSPS) is 26.5. The molecule has 4 amide bonds. The predicted octanol–water partition coefficient (Wildman–Crippen LogP) is 0.414. The van der Waals surface area contributed by atoms with E-state index in [1.807, 2.05) is 6.07 Å². The lowest BCUT2D eigenvalue weighted by molar-refractivity contribution is -0.136. The Morgan fingerprint density at radius 1 is 0.970 bits per heavy atom. The molecule has 1 aromatic rings. The molecule has 176 valence electrons. The van der Waals surface area contributed by atoms with Crippen LogP contribution >= 0.6 is 0 Å². The highest BCUT2D eigenvalue weighted by Gasteiger charge is 2.45. The number of fused-ring (bicyclic) bond motifs is 1. The largest absolute Gasteiger partial charge is 0.390 e. The van der Waals surface area contributed by atoms with Gasteiger partial charge in [0.25, 0.3) is 11.8 Å². The highest BCUT2D eigenvalue weighted by Crippen LogP contribution is 2.35. The first-order chi connectivity index (χ1) is 15.9. The van der Waals surface area contributed by atoms with Gasteiger partial charge in [-0.05, 0) is 81.9 Å². The number of benzene rings is 1. The summed E-state index contributed by atoms with van der Waals surface area (Å²) < 4.78 is 0. The number of imide groups is 2. The maximum atomic E-state index is 13.0. The average molecular weight is 455 g/mol. The number of hydrogen-bond acceptors (Lipinski definition) is 7. The molecule has 4 aliphatic rings. The van der Waals surface area contributed by atoms with Crippen molar-refractivity contribution in [3.63, 3.8) is 0 Å². The Bertz CT molecular complexity index is 995. The zero-order valence-electron chi connectivity index (χ0n) is 18.6. The lowest BCUT2D eigenvalue weighted by Crippen LogP contribution is -2.54. The zero-order chi connectivity index (χ0) is 23.2. The SMILES string of the molecule is O=C1CCC(N2C(=O)c3ccc(CN4CCC(C5(O)CCNCC5)CC4)cc3C2=O)C(=O)N1. The lowest BCUT2D eigenvalue weighted by Gasteiger charge is -2.43. The Labute approximate surface area is 192 Å². The summed E-state index contributed by atoms with van der Waals surface area (Å²) in [6.07, 6.45) is 3.77. The summed E-state index contributed by atoms with van der Waals surface area (Å²) in [5.41, 5.74) is 1.01. The van der Waals surface area contributed by atoms with Crippen molar-refractivity contribution in [2.24, 2.45) is 5.92 Å². The van der Waals surface area contributed by atoms with E-state index in [9.17, 15) is 24.3 Å². The molecule has 4 heterocycles. The van der Waals surface area contributed by atoms with Crippen LogP contribution in [-0.4, -0.2) is 76.4 Å². The molecule has 0 aliphatic carbocycles. The van der Waals surface area contributed by atoms with Crippen molar-refractivity contribution in [3.05, 3.63) is 34.9 Å². The average Bonchev–Trinajstić information content (AvgIpc) is 3.04. The highest BCUT2D eigenvalue weighted by molar-refractivity contribution is 6.23. The second-order valence-electron chi connectivity index (χ2n) is 9.73. The van der Waals surface area contributed by atoms with Crippen molar-refractivity contribution >= 4 is 23.6 Å². The van der Waals surface area contributed by atoms with Gasteiger partial charge in [-0.25, -0.2) is 0 Å². The molecule has 0 spiro atoms. The van der Waals surface area contributed by atoms with E-state index in [-0.39, 0.29) is 18.7 Å². The van der Waals surface area contributed by atoms with Crippen molar-refractivity contribution in [1.29, 1.82) is 0 Å².